The first-order chi connectivity index (χ1) is 16.2. The number of fused-ring (bicyclic) bond motifs is 2. The molecule has 0 spiro atoms. The summed E-state index contributed by atoms with van der Waals surface area (Å²) in [6, 6.07) is 35.7. The zero-order chi connectivity index (χ0) is 22.3. The largest absolute Gasteiger partial charge is 0.456 e. The molecule has 5 aromatic rings. The summed E-state index contributed by atoms with van der Waals surface area (Å²) >= 11 is 0. The van der Waals surface area contributed by atoms with Crippen molar-refractivity contribution >= 4 is 23.1 Å². The van der Waals surface area contributed by atoms with Crippen LogP contribution in [0.5, 0.6) is 11.5 Å². The molecule has 0 N–H and O–H groups in total. The third-order valence-electron chi connectivity index (χ3n) is 6.03. The molecule has 3 nitrogen and oxygen atoms in total. The Balaban J connectivity index is 1.50. The fourth-order valence-electron chi connectivity index (χ4n) is 4.42. The molecule has 1 aliphatic rings. The molecular formula is C29H20NO2P. The molecule has 0 radical (unpaired) electrons. The summed E-state index contributed by atoms with van der Waals surface area (Å²) in [6.07, 6.45) is 3.64. The van der Waals surface area contributed by atoms with Crippen molar-refractivity contribution in [3.63, 3.8) is 0 Å². The van der Waals surface area contributed by atoms with Crippen molar-refractivity contribution in [2.24, 2.45) is 0 Å². The van der Waals surface area contributed by atoms with Crippen LogP contribution in [-0.4, -0.2) is 4.98 Å². The van der Waals surface area contributed by atoms with Crippen LogP contribution in [0.15, 0.2) is 122 Å². The van der Waals surface area contributed by atoms with Crippen molar-refractivity contribution in [3.8, 4) is 33.8 Å². The lowest BCUT2D eigenvalue weighted by atomic mass is 10.00. The molecule has 0 saturated heterocycles. The highest BCUT2D eigenvalue weighted by Crippen LogP contribution is 2.51. The number of rotatable bonds is 3. The maximum Gasteiger partial charge on any atom is 0.178 e. The fourth-order valence-corrected chi connectivity index (χ4v) is 7.25. The molecule has 158 valence electrons. The summed E-state index contributed by atoms with van der Waals surface area (Å²) in [4.78, 5) is 4.24. The average molecular weight is 445 g/mol. The number of nitrogens with zero attached hydrogens (tertiary/aromatic N) is 1. The second-order valence-electron chi connectivity index (χ2n) is 8.02. The molecule has 1 unspecified atom stereocenters. The molecule has 6 rings (SSSR count). The van der Waals surface area contributed by atoms with Gasteiger partial charge in [-0.25, -0.2) is 0 Å². The molecule has 1 aliphatic heterocycles. The van der Waals surface area contributed by atoms with Crippen LogP contribution in [0.2, 0.25) is 0 Å². The lowest BCUT2D eigenvalue weighted by Crippen LogP contribution is -2.30. The Kier molecular flexibility index (Phi) is 4.71. The van der Waals surface area contributed by atoms with Crippen LogP contribution in [0.1, 0.15) is 0 Å². The topological polar surface area (TPSA) is 39.2 Å². The zero-order valence-corrected chi connectivity index (χ0v) is 18.7. The van der Waals surface area contributed by atoms with Gasteiger partial charge in [0, 0.05) is 23.3 Å². The molecule has 4 aromatic carbocycles. The Morgan fingerprint density at radius 1 is 0.576 bits per heavy atom. The van der Waals surface area contributed by atoms with Crippen molar-refractivity contribution in [3.05, 3.63) is 122 Å². The van der Waals surface area contributed by atoms with Gasteiger partial charge in [0.15, 0.2) is 7.14 Å². The van der Waals surface area contributed by atoms with Gasteiger partial charge < -0.3 is 9.30 Å². The minimum Gasteiger partial charge on any atom is -0.456 e. The van der Waals surface area contributed by atoms with Crippen LogP contribution in [0, 0.1) is 0 Å². The molecule has 1 atom stereocenters. The minimum atomic E-state index is -3.05. The Morgan fingerprint density at radius 3 is 2.09 bits per heavy atom. The lowest BCUT2D eigenvalue weighted by molar-refractivity contribution is 0.485. The van der Waals surface area contributed by atoms with Gasteiger partial charge in [-0.3, -0.25) is 4.98 Å². The molecule has 0 bridgehead atoms. The highest BCUT2D eigenvalue weighted by atomic mass is 31.2. The van der Waals surface area contributed by atoms with E-state index in [9.17, 15) is 4.57 Å². The standard InChI is InChI=1S/C29H20NO2P/c31-33(25-11-2-1-3-12-25)28-14-5-4-13-26(28)32-27-19-23(15-16-29(27)33)21-8-6-9-22(18-21)24-10-7-17-30-20-24/h1-20H. The summed E-state index contributed by atoms with van der Waals surface area (Å²) in [5.41, 5.74) is 4.24. The minimum absolute atomic E-state index is 0.644. The van der Waals surface area contributed by atoms with E-state index in [0.29, 0.717) is 11.5 Å². The third kappa shape index (κ3) is 3.29. The molecule has 0 saturated carbocycles. The fraction of sp³-hybridized carbons (Fsp3) is 0. The van der Waals surface area contributed by atoms with E-state index in [1.54, 1.807) is 6.20 Å². The van der Waals surface area contributed by atoms with E-state index in [0.717, 1.165) is 38.2 Å². The van der Waals surface area contributed by atoms with Gasteiger partial charge in [-0.2, -0.15) is 0 Å². The van der Waals surface area contributed by atoms with E-state index >= 15 is 0 Å². The van der Waals surface area contributed by atoms with Crippen molar-refractivity contribution in [1.82, 2.24) is 4.98 Å². The molecule has 2 heterocycles. The molecule has 33 heavy (non-hydrogen) atoms. The van der Waals surface area contributed by atoms with E-state index in [4.69, 9.17) is 4.74 Å². The highest BCUT2D eigenvalue weighted by Gasteiger charge is 2.38. The SMILES string of the molecule is O=P1(c2ccccc2)c2ccccc2Oc2cc(-c3cccc(-c4cccnc4)c3)ccc21. The molecule has 0 fully saturated rings. The number of hydrogen-bond donors (Lipinski definition) is 0. The normalized spacial score (nSPS) is 16.4. The van der Waals surface area contributed by atoms with Gasteiger partial charge in [0.2, 0.25) is 0 Å². The van der Waals surface area contributed by atoms with Crippen LogP contribution in [0.3, 0.4) is 0 Å². The second kappa shape index (κ2) is 7.88. The quantitative estimate of drug-likeness (QED) is 0.306. The Morgan fingerprint density at radius 2 is 1.27 bits per heavy atom. The second-order valence-corrected chi connectivity index (χ2v) is 10.7. The number of pyridine rings is 1. The van der Waals surface area contributed by atoms with E-state index < -0.39 is 7.14 Å². The van der Waals surface area contributed by atoms with E-state index in [2.05, 4.69) is 29.2 Å². The first-order valence-corrected chi connectivity index (χ1v) is 12.5. The Hall–Kier alpha value is -3.94. The van der Waals surface area contributed by atoms with Crippen molar-refractivity contribution in [2.75, 3.05) is 0 Å². The lowest BCUT2D eigenvalue weighted by Gasteiger charge is -2.29. The van der Waals surface area contributed by atoms with Crippen molar-refractivity contribution in [1.29, 1.82) is 0 Å². The molecule has 0 amide bonds. The predicted molar refractivity (Wildman–Crippen MR) is 135 cm³/mol. The molecular weight excluding hydrogens is 425 g/mol. The Labute approximate surface area is 192 Å². The van der Waals surface area contributed by atoms with Crippen LogP contribution in [0.25, 0.3) is 22.3 Å². The third-order valence-corrected chi connectivity index (χ3v) is 9.16. The predicted octanol–water partition coefficient (Wildman–Crippen LogP) is 6.16. The number of para-hydroxylation sites is 1. The van der Waals surface area contributed by atoms with E-state index in [1.807, 2.05) is 91.1 Å². The van der Waals surface area contributed by atoms with E-state index in [-0.39, 0.29) is 0 Å². The maximum atomic E-state index is 14.7. The van der Waals surface area contributed by atoms with Gasteiger partial charge in [-0.05, 0) is 53.1 Å². The van der Waals surface area contributed by atoms with Gasteiger partial charge in [-0.1, -0.05) is 72.8 Å². The monoisotopic (exact) mass is 445 g/mol. The van der Waals surface area contributed by atoms with E-state index in [1.165, 1.54) is 0 Å². The van der Waals surface area contributed by atoms with Gasteiger partial charge in [0.05, 0.1) is 10.6 Å². The van der Waals surface area contributed by atoms with Gasteiger partial charge in [0.1, 0.15) is 11.5 Å². The summed E-state index contributed by atoms with van der Waals surface area (Å²) in [6.45, 7) is 0. The van der Waals surface area contributed by atoms with Crippen LogP contribution < -0.4 is 20.7 Å². The van der Waals surface area contributed by atoms with Crippen molar-refractivity contribution < 1.29 is 9.30 Å². The van der Waals surface area contributed by atoms with Crippen molar-refractivity contribution in [2.45, 2.75) is 0 Å². The number of hydrogen-bond acceptors (Lipinski definition) is 3. The average Bonchev–Trinajstić information content (AvgIpc) is 2.89. The van der Waals surface area contributed by atoms with Gasteiger partial charge >= 0.3 is 0 Å². The number of ether oxygens (including phenoxy) is 1. The molecule has 4 heteroatoms. The van der Waals surface area contributed by atoms with Crippen LogP contribution in [-0.2, 0) is 4.57 Å². The molecule has 1 aromatic heterocycles. The summed E-state index contributed by atoms with van der Waals surface area (Å²) in [7, 11) is -3.05. The summed E-state index contributed by atoms with van der Waals surface area (Å²) in [5, 5.41) is 2.29. The Bertz CT molecular complexity index is 1510. The zero-order valence-electron chi connectivity index (χ0n) is 17.8. The summed E-state index contributed by atoms with van der Waals surface area (Å²) in [5.74, 6) is 1.30. The van der Waals surface area contributed by atoms with Crippen LogP contribution in [0.4, 0.5) is 0 Å². The van der Waals surface area contributed by atoms with Gasteiger partial charge in [-0.15, -0.1) is 0 Å². The molecule has 0 aliphatic carbocycles. The highest BCUT2D eigenvalue weighted by molar-refractivity contribution is 7.85. The van der Waals surface area contributed by atoms with Crippen LogP contribution >= 0.6 is 7.14 Å². The van der Waals surface area contributed by atoms with Gasteiger partial charge in [0.25, 0.3) is 0 Å². The smallest absolute Gasteiger partial charge is 0.178 e. The first kappa shape index (κ1) is 19.7. The summed E-state index contributed by atoms with van der Waals surface area (Å²) < 4.78 is 21.0. The maximum absolute atomic E-state index is 14.7. The first-order valence-electron chi connectivity index (χ1n) is 10.8. The number of benzene rings is 4. The number of aromatic nitrogens is 1.